The predicted octanol–water partition coefficient (Wildman–Crippen LogP) is -1.73. The van der Waals surface area contributed by atoms with Crippen LogP contribution in [0, 0.1) is 0 Å². The van der Waals surface area contributed by atoms with Crippen LogP contribution >= 0.6 is 15.6 Å². The van der Waals surface area contributed by atoms with E-state index in [9.17, 15) is 9.13 Å². The predicted molar refractivity (Wildman–Crippen MR) is 33.7 cm³/mol. The summed E-state index contributed by atoms with van der Waals surface area (Å²) in [6.45, 7) is 0. The molecule has 0 spiro atoms. The van der Waals surface area contributed by atoms with Crippen LogP contribution in [0.4, 0.5) is 0 Å². The Balaban J connectivity index is 0. The van der Waals surface area contributed by atoms with Crippen LogP contribution in [-0.4, -0.2) is 68.5 Å². The Morgan fingerprint density at radius 2 is 1.10 bits per heavy atom. The zero-order valence-corrected chi connectivity index (χ0v) is 5.70. The molecule has 0 saturated heterocycles. The van der Waals surface area contributed by atoms with Crippen molar-refractivity contribution in [3.05, 3.63) is 0 Å². The summed E-state index contributed by atoms with van der Waals surface area (Å²) in [6.07, 6.45) is 0. The molecule has 0 aliphatic rings. The van der Waals surface area contributed by atoms with Gasteiger partial charge in [-0.1, -0.05) is 0 Å². The molecule has 0 bridgehead atoms. The van der Waals surface area contributed by atoms with Crippen LogP contribution in [0.1, 0.15) is 0 Å². The van der Waals surface area contributed by atoms with E-state index >= 15 is 0 Å². The first kappa shape index (κ1) is 14.4. The topological polar surface area (TPSA) is 124 Å². The van der Waals surface area contributed by atoms with Crippen molar-refractivity contribution in [3.63, 3.8) is 0 Å². The third kappa shape index (κ3) is 12.5. The van der Waals surface area contributed by atoms with Crippen molar-refractivity contribution in [3.8, 4) is 0 Å². The van der Waals surface area contributed by atoms with Crippen molar-refractivity contribution >= 4 is 64.5 Å². The maximum atomic E-state index is 9.63. The maximum absolute atomic E-state index is 9.63. The summed E-state index contributed by atoms with van der Waals surface area (Å²) in [5.74, 6) is 0. The van der Waals surface area contributed by atoms with E-state index in [1.807, 2.05) is 0 Å². The standard InChI is InChI=1S/Ba.H4O7P2.2H/c;1-8(2,3)7-9(4,5)6;;/h;(H2,1,2,3)(H2,4,5,6);;. The molecule has 0 aromatic heterocycles. The molecule has 4 N–H and O–H groups in total. The van der Waals surface area contributed by atoms with Gasteiger partial charge in [-0.25, -0.2) is 9.13 Å². The van der Waals surface area contributed by atoms with E-state index in [0.29, 0.717) is 0 Å². The first-order valence-electron chi connectivity index (χ1n) is 1.53. The number of phosphoric acid groups is 2. The third-order valence-corrected chi connectivity index (χ3v) is 1.91. The number of rotatable bonds is 2. The van der Waals surface area contributed by atoms with Gasteiger partial charge in [-0.15, -0.1) is 0 Å². The van der Waals surface area contributed by atoms with Gasteiger partial charge in [0.15, 0.2) is 0 Å². The molecule has 0 rings (SSSR count). The molecule has 0 aromatic rings. The summed E-state index contributed by atoms with van der Waals surface area (Å²) in [6, 6.07) is 0. The fraction of sp³-hybridized carbons (Fsp3) is 0. The van der Waals surface area contributed by atoms with Crippen molar-refractivity contribution in [1.29, 1.82) is 0 Å². The van der Waals surface area contributed by atoms with E-state index in [1.54, 1.807) is 0 Å². The first-order chi connectivity index (χ1) is 3.71. The zero-order valence-electron chi connectivity index (χ0n) is 3.91. The van der Waals surface area contributed by atoms with E-state index in [1.165, 1.54) is 0 Å². The summed E-state index contributed by atoms with van der Waals surface area (Å²) in [4.78, 5) is 31.0. The average Bonchev–Trinajstić information content (AvgIpc) is 1.14. The summed E-state index contributed by atoms with van der Waals surface area (Å²) < 4.78 is 22.2. The van der Waals surface area contributed by atoms with Gasteiger partial charge in [0.2, 0.25) is 0 Å². The van der Waals surface area contributed by atoms with Gasteiger partial charge in [0.1, 0.15) is 0 Å². The van der Waals surface area contributed by atoms with Gasteiger partial charge in [0.25, 0.3) is 0 Å². The van der Waals surface area contributed by atoms with Gasteiger partial charge >= 0.3 is 64.5 Å². The van der Waals surface area contributed by atoms with E-state index in [2.05, 4.69) is 4.31 Å². The van der Waals surface area contributed by atoms with Crippen LogP contribution in [-0.2, 0) is 13.4 Å². The Morgan fingerprint density at radius 3 is 1.10 bits per heavy atom. The minimum absolute atomic E-state index is 0. The third-order valence-electron chi connectivity index (χ3n) is 0.213. The Morgan fingerprint density at radius 1 is 0.900 bits per heavy atom. The molecule has 0 heterocycles. The van der Waals surface area contributed by atoms with Gasteiger partial charge in [-0.2, -0.15) is 4.31 Å². The molecule has 0 aliphatic carbocycles. The van der Waals surface area contributed by atoms with Crippen LogP contribution in [0.5, 0.6) is 0 Å². The van der Waals surface area contributed by atoms with Gasteiger partial charge in [-0.05, 0) is 0 Å². The molecule has 0 aliphatic heterocycles. The van der Waals surface area contributed by atoms with Crippen LogP contribution in [0.15, 0.2) is 0 Å². The summed E-state index contributed by atoms with van der Waals surface area (Å²) in [5.41, 5.74) is 0. The minimum atomic E-state index is -5.05. The van der Waals surface area contributed by atoms with Crippen molar-refractivity contribution in [1.82, 2.24) is 0 Å². The van der Waals surface area contributed by atoms with Gasteiger partial charge < -0.3 is 19.6 Å². The second-order valence-corrected chi connectivity index (χ2v) is 3.68. The molecule has 7 nitrogen and oxygen atoms in total. The van der Waals surface area contributed by atoms with Gasteiger partial charge in [0.05, 0.1) is 0 Å². The molecule has 0 atom stereocenters. The van der Waals surface area contributed by atoms with Crippen molar-refractivity contribution in [2.75, 3.05) is 0 Å². The fourth-order valence-corrected chi connectivity index (χ4v) is 1.25. The Labute approximate surface area is 96.3 Å². The van der Waals surface area contributed by atoms with Crippen LogP contribution < -0.4 is 0 Å². The Bertz CT molecular complexity index is 152. The quantitative estimate of drug-likeness (QED) is 0.352. The summed E-state index contributed by atoms with van der Waals surface area (Å²) >= 11 is 0. The first-order valence-corrected chi connectivity index (χ1v) is 4.59. The van der Waals surface area contributed by atoms with Crippen molar-refractivity contribution < 1.29 is 33.0 Å². The normalized spacial score (nSPS) is 12.4. The molecule has 0 amide bonds. The van der Waals surface area contributed by atoms with Crippen molar-refractivity contribution in [2.24, 2.45) is 0 Å². The fourth-order valence-electron chi connectivity index (χ4n) is 0.139. The molecular formula is H6BaO7P2. The molecule has 0 radical (unpaired) electrons. The monoisotopic (exact) mass is 318 g/mol. The molecule has 0 aromatic carbocycles. The molecule has 10 heavy (non-hydrogen) atoms. The summed E-state index contributed by atoms with van der Waals surface area (Å²) in [7, 11) is -10.1. The van der Waals surface area contributed by atoms with Crippen molar-refractivity contribution in [2.45, 2.75) is 0 Å². The second kappa shape index (κ2) is 4.76. The van der Waals surface area contributed by atoms with E-state index in [4.69, 9.17) is 19.6 Å². The molecule has 0 saturated carbocycles. The SMILES string of the molecule is O=P(O)(O)OP(=O)(O)O.[BaH2]. The second-order valence-electron chi connectivity index (χ2n) is 1.06. The van der Waals surface area contributed by atoms with Crippen LogP contribution in [0.2, 0.25) is 0 Å². The Kier molecular flexibility index (Phi) is 6.83. The summed E-state index contributed by atoms with van der Waals surface area (Å²) in [5, 5.41) is 0. The number of hydrogen-bond acceptors (Lipinski definition) is 3. The Hall–Kier alpha value is 1.83. The molecule has 0 unspecified atom stereocenters. The van der Waals surface area contributed by atoms with Crippen LogP contribution in [0.3, 0.4) is 0 Å². The average molecular weight is 317 g/mol. The molecule has 10 heteroatoms. The molecular weight excluding hydrogens is 311 g/mol. The van der Waals surface area contributed by atoms with Gasteiger partial charge in [-0.3, -0.25) is 0 Å². The molecule has 0 fully saturated rings. The van der Waals surface area contributed by atoms with Gasteiger partial charge in [0, 0.05) is 0 Å². The van der Waals surface area contributed by atoms with Crippen LogP contribution in [0.25, 0.3) is 0 Å². The molecule has 60 valence electrons. The van der Waals surface area contributed by atoms with E-state index in [-0.39, 0.29) is 48.9 Å². The zero-order chi connectivity index (χ0) is 7.71. The van der Waals surface area contributed by atoms with E-state index < -0.39 is 15.6 Å². The van der Waals surface area contributed by atoms with E-state index in [0.717, 1.165) is 0 Å². The number of hydrogen-bond donors (Lipinski definition) is 4.